The number of hydrogen-bond donors (Lipinski definition) is 2. The summed E-state index contributed by atoms with van der Waals surface area (Å²) in [4.78, 5) is 11.8. The Labute approximate surface area is 170 Å². The Balaban J connectivity index is 0.00000280. The van der Waals surface area contributed by atoms with Crippen LogP contribution >= 0.6 is 24.0 Å². The van der Waals surface area contributed by atoms with E-state index in [9.17, 15) is 9.18 Å². The quantitative estimate of drug-likeness (QED) is 0.594. The third-order valence-corrected chi connectivity index (χ3v) is 3.77. The molecule has 11 heteroatoms. The average Bonchev–Trinajstić information content (AvgIpc) is 3.04. The second-order valence-electron chi connectivity index (χ2n) is 5.72. The summed E-state index contributed by atoms with van der Waals surface area (Å²) in [7, 11) is 0. The topological polar surface area (TPSA) is 116 Å². The van der Waals surface area contributed by atoms with E-state index in [1.54, 1.807) is 30.3 Å². The number of rotatable bonds is 7. The van der Waals surface area contributed by atoms with E-state index >= 15 is 0 Å². The fourth-order valence-corrected chi connectivity index (χ4v) is 2.43. The summed E-state index contributed by atoms with van der Waals surface area (Å²) in [5.41, 5.74) is 5.81. The summed E-state index contributed by atoms with van der Waals surface area (Å²) >= 11 is 5.81. The van der Waals surface area contributed by atoms with Gasteiger partial charge in [-0.1, -0.05) is 11.6 Å². The molecular formula is C17H16Cl2FN5O3. The minimum Gasteiger partial charge on any atom is -0.481 e. The zero-order valence-electron chi connectivity index (χ0n) is 14.3. The lowest BCUT2D eigenvalue weighted by Gasteiger charge is -2.07. The van der Waals surface area contributed by atoms with Crippen molar-refractivity contribution in [1.29, 1.82) is 0 Å². The van der Waals surface area contributed by atoms with E-state index in [-0.39, 0.29) is 36.8 Å². The van der Waals surface area contributed by atoms with Crippen molar-refractivity contribution >= 4 is 30.0 Å². The van der Waals surface area contributed by atoms with Crippen molar-refractivity contribution in [3.8, 4) is 22.9 Å². The molecule has 0 aliphatic heterocycles. The van der Waals surface area contributed by atoms with Crippen LogP contribution in [0.5, 0.6) is 11.5 Å². The van der Waals surface area contributed by atoms with Crippen LogP contribution in [0.15, 0.2) is 42.5 Å². The highest BCUT2D eigenvalue weighted by atomic mass is 35.5. The van der Waals surface area contributed by atoms with Crippen molar-refractivity contribution in [2.45, 2.75) is 19.0 Å². The normalized spacial score (nSPS) is 11.5. The van der Waals surface area contributed by atoms with Gasteiger partial charge in [0, 0.05) is 17.1 Å². The molecule has 0 amide bonds. The first kappa shape index (κ1) is 21.5. The van der Waals surface area contributed by atoms with Crippen molar-refractivity contribution in [3.05, 3.63) is 53.3 Å². The summed E-state index contributed by atoms with van der Waals surface area (Å²) in [6.07, 6.45) is -0.234. The van der Waals surface area contributed by atoms with Crippen molar-refractivity contribution in [2.75, 3.05) is 0 Å². The zero-order chi connectivity index (χ0) is 19.4. The van der Waals surface area contributed by atoms with Crippen molar-refractivity contribution < 1.29 is 19.0 Å². The molecule has 0 bridgehead atoms. The predicted molar refractivity (Wildman–Crippen MR) is 102 cm³/mol. The number of halogens is 3. The van der Waals surface area contributed by atoms with E-state index in [1.165, 1.54) is 12.1 Å². The molecule has 1 aromatic heterocycles. The first-order chi connectivity index (χ1) is 12.9. The fraction of sp³-hybridized carbons (Fsp3) is 0.176. The summed E-state index contributed by atoms with van der Waals surface area (Å²) in [6, 6.07) is 10.2. The van der Waals surface area contributed by atoms with Crippen LogP contribution in [0.2, 0.25) is 5.02 Å². The maximum atomic E-state index is 14.4. The molecule has 0 saturated carbocycles. The minimum absolute atomic E-state index is 0. The lowest BCUT2D eigenvalue weighted by molar-refractivity contribution is -0.137. The molecule has 1 heterocycles. The van der Waals surface area contributed by atoms with Gasteiger partial charge in [-0.25, -0.2) is 4.39 Å². The number of hydrogen-bond acceptors (Lipinski definition) is 6. The molecule has 0 aliphatic rings. The Morgan fingerprint density at radius 1 is 1.25 bits per heavy atom. The van der Waals surface area contributed by atoms with E-state index in [4.69, 9.17) is 27.2 Å². The smallest absolute Gasteiger partial charge is 0.304 e. The average molecular weight is 428 g/mol. The number of carbonyl (C=O) groups is 1. The van der Waals surface area contributed by atoms with Crippen molar-refractivity contribution in [1.82, 2.24) is 20.2 Å². The van der Waals surface area contributed by atoms with Gasteiger partial charge in [-0.3, -0.25) is 4.79 Å². The second-order valence-corrected chi connectivity index (χ2v) is 6.16. The van der Waals surface area contributed by atoms with Crippen LogP contribution < -0.4 is 10.5 Å². The summed E-state index contributed by atoms with van der Waals surface area (Å²) in [5.74, 6) is -0.730. The molecule has 148 valence electrons. The summed E-state index contributed by atoms with van der Waals surface area (Å²) in [6.45, 7) is 0.0542. The van der Waals surface area contributed by atoms with E-state index in [0.717, 1.165) is 4.80 Å². The van der Waals surface area contributed by atoms with E-state index < -0.39 is 17.8 Å². The lowest BCUT2D eigenvalue weighted by atomic mass is 10.2. The number of tetrazole rings is 1. The number of ether oxygens (including phenoxy) is 1. The number of aliphatic carboxylic acids is 1. The van der Waals surface area contributed by atoms with Gasteiger partial charge >= 0.3 is 5.97 Å². The molecule has 2 aromatic carbocycles. The minimum atomic E-state index is -1.02. The number of nitrogens with zero attached hydrogens (tertiary/aromatic N) is 4. The van der Waals surface area contributed by atoms with Crippen LogP contribution in [-0.2, 0) is 11.3 Å². The molecule has 0 fully saturated rings. The molecule has 8 nitrogen and oxygen atoms in total. The van der Waals surface area contributed by atoms with Crippen LogP contribution in [0.4, 0.5) is 4.39 Å². The monoisotopic (exact) mass is 427 g/mol. The van der Waals surface area contributed by atoms with E-state index in [0.29, 0.717) is 16.5 Å². The van der Waals surface area contributed by atoms with Crippen LogP contribution in [0, 0.1) is 5.82 Å². The highest BCUT2D eigenvalue weighted by Crippen LogP contribution is 2.27. The molecular weight excluding hydrogens is 412 g/mol. The molecule has 3 rings (SSSR count). The highest BCUT2D eigenvalue weighted by molar-refractivity contribution is 6.30. The lowest BCUT2D eigenvalue weighted by Crippen LogP contribution is -2.30. The largest absolute Gasteiger partial charge is 0.481 e. The van der Waals surface area contributed by atoms with Crippen LogP contribution in [-0.4, -0.2) is 37.3 Å². The van der Waals surface area contributed by atoms with Gasteiger partial charge in [0.25, 0.3) is 0 Å². The summed E-state index contributed by atoms with van der Waals surface area (Å²) in [5, 5.41) is 20.9. The van der Waals surface area contributed by atoms with Crippen LogP contribution in [0.1, 0.15) is 6.42 Å². The van der Waals surface area contributed by atoms with Gasteiger partial charge in [-0.05, 0) is 41.6 Å². The fourth-order valence-electron chi connectivity index (χ4n) is 2.31. The Kier molecular flexibility index (Phi) is 7.27. The number of nitrogens with two attached hydrogens (primary N) is 1. The Morgan fingerprint density at radius 2 is 1.93 bits per heavy atom. The van der Waals surface area contributed by atoms with E-state index in [2.05, 4.69) is 15.4 Å². The molecule has 0 spiro atoms. The second kappa shape index (κ2) is 9.45. The van der Waals surface area contributed by atoms with Gasteiger partial charge < -0.3 is 15.6 Å². The SMILES string of the molecule is Cl.N[C@@H](CC(=O)O)Cn1nnc(-c2ccc(Oc3ccc(Cl)cc3)cc2F)n1. The molecule has 3 aromatic rings. The molecule has 0 saturated heterocycles. The Morgan fingerprint density at radius 3 is 2.57 bits per heavy atom. The zero-order valence-corrected chi connectivity index (χ0v) is 15.9. The van der Waals surface area contributed by atoms with Gasteiger partial charge in [-0.2, -0.15) is 4.80 Å². The molecule has 0 aliphatic carbocycles. The first-order valence-electron chi connectivity index (χ1n) is 7.89. The molecule has 28 heavy (non-hydrogen) atoms. The number of benzene rings is 2. The number of carboxylic acid groups (broad SMARTS) is 1. The Hall–Kier alpha value is -2.75. The third-order valence-electron chi connectivity index (χ3n) is 3.52. The van der Waals surface area contributed by atoms with Crippen molar-refractivity contribution in [2.24, 2.45) is 5.73 Å². The van der Waals surface area contributed by atoms with Gasteiger partial charge in [0.1, 0.15) is 17.3 Å². The highest BCUT2D eigenvalue weighted by Gasteiger charge is 2.15. The van der Waals surface area contributed by atoms with Gasteiger partial charge in [0.05, 0.1) is 18.5 Å². The van der Waals surface area contributed by atoms with E-state index in [1.807, 2.05) is 0 Å². The maximum absolute atomic E-state index is 14.4. The molecule has 0 unspecified atom stereocenters. The van der Waals surface area contributed by atoms with Gasteiger partial charge in [0.15, 0.2) is 0 Å². The standard InChI is InChI=1S/C17H15ClFN5O3.ClH/c18-10-1-3-12(4-2-10)27-13-5-6-14(15(19)8-13)17-21-23-24(22-17)9-11(20)7-16(25)26;/h1-6,8,11H,7,9,20H2,(H,25,26);1H/t11-;/m0./s1. The number of carboxylic acids is 1. The number of aromatic nitrogens is 4. The predicted octanol–water partition coefficient (Wildman–Crippen LogP) is 3.15. The molecule has 0 radical (unpaired) electrons. The molecule has 1 atom stereocenters. The van der Waals surface area contributed by atoms with Crippen LogP contribution in [0.25, 0.3) is 11.4 Å². The van der Waals surface area contributed by atoms with Gasteiger partial charge in [-0.15, -0.1) is 22.6 Å². The van der Waals surface area contributed by atoms with Crippen LogP contribution in [0.3, 0.4) is 0 Å². The van der Waals surface area contributed by atoms with Crippen molar-refractivity contribution in [3.63, 3.8) is 0 Å². The molecule has 3 N–H and O–H groups in total. The first-order valence-corrected chi connectivity index (χ1v) is 8.27. The maximum Gasteiger partial charge on any atom is 0.304 e. The third kappa shape index (κ3) is 5.62. The summed E-state index contributed by atoms with van der Waals surface area (Å²) < 4.78 is 20.0. The van der Waals surface area contributed by atoms with Gasteiger partial charge in [0.2, 0.25) is 5.82 Å². The Bertz CT molecular complexity index is 952.